The molecule has 0 bridgehead atoms. The number of hydrogen-bond acceptors (Lipinski definition) is 6. The molecule has 3 aliphatic rings. The summed E-state index contributed by atoms with van der Waals surface area (Å²) in [5.74, 6) is -0.0272. The number of unbranched alkanes of at least 4 members (excludes halogenated alkanes) is 2. The van der Waals surface area contributed by atoms with Crippen LogP contribution in [0.5, 0.6) is 0 Å². The van der Waals surface area contributed by atoms with Crippen molar-refractivity contribution in [2.24, 2.45) is 0 Å². The number of carbonyl (C=O) groups is 4. The third kappa shape index (κ3) is 13.9. The van der Waals surface area contributed by atoms with Gasteiger partial charge >= 0.3 is 63.5 Å². The van der Waals surface area contributed by atoms with Crippen molar-refractivity contribution in [3.63, 3.8) is 0 Å². The third-order valence-corrected chi connectivity index (χ3v) is 10.5. The zero-order valence-electron chi connectivity index (χ0n) is 32.0. The summed E-state index contributed by atoms with van der Waals surface area (Å²) < 4.78 is 5.52. The van der Waals surface area contributed by atoms with E-state index < -0.39 is 18.0 Å². The zero-order chi connectivity index (χ0) is 37.2. The van der Waals surface area contributed by atoms with E-state index in [2.05, 4.69) is 80.3 Å². The number of carbonyl (C=O) groups excluding carboxylic acids is 4. The van der Waals surface area contributed by atoms with Gasteiger partial charge in [0.25, 0.3) is 0 Å². The number of amides is 5. The number of rotatable bonds is 14. The molecule has 2 fully saturated rings. The SMILES string of the molecule is CC(C)(C)[N-]C(C)(C)C.[K+].[NH-]C(=O)C(CCCCNC(=O)CCCCC1SCC2NC(=O)NC21)NC(=O)OCC1c2ccccc2-c2ccccc21. The number of nitrogens with zero attached hydrogens (tertiary/aromatic N) is 1. The van der Waals surface area contributed by atoms with Crippen molar-refractivity contribution in [2.45, 2.75) is 127 Å². The quantitative estimate of drug-likeness (QED) is 0.126. The Bertz CT molecular complexity index is 1460. The van der Waals surface area contributed by atoms with Gasteiger partial charge in [-0.15, -0.1) is 11.1 Å². The summed E-state index contributed by atoms with van der Waals surface area (Å²) in [6.45, 7) is 13.4. The number of thioether (sulfide) groups is 1. The minimum absolute atomic E-state index is 0. The summed E-state index contributed by atoms with van der Waals surface area (Å²) in [5.41, 5.74) is 12.3. The Balaban J connectivity index is 0.000000646. The van der Waals surface area contributed by atoms with E-state index in [0.29, 0.717) is 37.5 Å². The first-order valence-corrected chi connectivity index (χ1v) is 19.2. The van der Waals surface area contributed by atoms with E-state index in [9.17, 15) is 19.2 Å². The number of urea groups is 1. The molecule has 1 aliphatic carbocycles. The Morgan fingerprint density at radius 1 is 0.923 bits per heavy atom. The maximum Gasteiger partial charge on any atom is 1.00 e. The molecule has 0 radical (unpaired) electrons. The maximum atomic E-state index is 12.5. The van der Waals surface area contributed by atoms with Crippen LogP contribution in [0.15, 0.2) is 48.5 Å². The predicted molar refractivity (Wildman–Crippen MR) is 205 cm³/mol. The van der Waals surface area contributed by atoms with E-state index in [1.807, 2.05) is 48.2 Å². The summed E-state index contributed by atoms with van der Waals surface area (Å²) >= 11 is 1.88. The first kappa shape index (κ1) is 44.3. The first-order valence-electron chi connectivity index (χ1n) is 18.2. The number of fused-ring (bicyclic) bond motifs is 4. The molecule has 0 aromatic heterocycles. The Kier molecular flexibility index (Phi) is 17.5. The molecule has 2 saturated heterocycles. The number of alkyl carbamates (subject to hydrolysis) is 1. The Morgan fingerprint density at radius 2 is 1.54 bits per heavy atom. The van der Waals surface area contributed by atoms with Gasteiger partial charge in [-0.05, 0) is 54.4 Å². The van der Waals surface area contributed by atoms with Crippen LogP contribution in [0.4, 0.5) is 9.59 Å². The molecular formula is C39H56KN6O5S-. The molecule has 280 valence electrons. The second kappa shape index (κ2) is 20.5. The van der Waals surface area contributed by atoms with Crippen LogP contribution < -0.4 is 72.7 Å². The molecule has 2 heterocycles. The summed E-state index contributed by atoms with van der Waals surface area (Å²) in [6, 6.07) is 15.5. The number of hydrogen-bond donors (Lipinski definition) is 4. The minimum atomic E-state index is -0.954. The Morgan fingerprint density at radius 3 is 2.12 bits per heavy atom. The second-order valence-electron chi connectivity index (χ2n) is 15.6. The molecule has 5 N–H and O–H groups in total. The number of benzene rings is 2. The van der Waals surface area contributed by atoms with Crippen molar-refractivity contribution in [2.75, 3.05) is 18.9 Å². The molecule has 4 unspecified atom stereocenters. The molecule has 0 spiro atoms. The zero-order valence-corrected chi connectivity index (χ0v) is 35.9. The van der Waals surface area contributed by atoms with Crippen LogP contribution in [-0.4, -0.2) is 77.3 Å². The summed E-state index contributed by atoms with van der Waals surface area (Å²) in [6.07, 6.45) is 3.94. The normalized spacial score (nSPS) is 19.3. The van der Waals surface area contributed by atoms with Crippen LogP contribution in [0.2, 0.25) is 0 Å². The fraction of sp³-hybridized carbons (Fsp3) is 0.590. The van der Waals surface area contributed by atoms with Gasteiger partial charge < -0.3 is 41.8 Å². The largest absolute Gasteiger partial charge is 1.00 e. The van der Waals surface area contributed by atoms with Crippen LogP contribution in [-0.2, 0) is 14.3 Å². The average molecular weight is 760 g/mol. The smallest absolute Gasteiger partial charge is 0.666 e. The van der Waals surface area contributed by atoms with Crippen LogP contribution in [0.1, 0.15) is 104 Å². The van der Waals surface area contributed by atoms with Crippen LogP contribution in [0.25, 0.3) is 22.2 Å². The Labute approximate surface area is 356 Å². The van der Waals surface area contributed by atoms with Gasteiger partial charge in [0.1, 0.15) is 6.61 Å². The number of ether oxygens (including phenoxy) is 1. The van der Waals surface area contributed by atoms with E-state index in [-0.39, 0.29) is 99.0 Å². The maximum absolute atomic E-state index is 12.5. The van der Waals surface area contributed by atoms with Gasteiger partial charge in [0.2, 0.25) is 5.91 Å². The van der Waals surface area contributed by atoms with Crippen molar-refractivity contribution < 1.29 is 75.3 Å². The van der Waals surface area contributed by atoms with Crippen molar-refractivity contribution in [3.8, 4) is 11.1 Å². The van der Waals surface area contributed by atoms with Gasteiger partial charge in [-0.3, -0.25) is 4.79 Å². The van der Waals surface area contributed by atoms with Crippen LogP contribution in [0.3, 0.4) is 0 Å². The van der Waals surface area contributed by atoms with E-state index in [4.69, 9.17) is 10.5 Å². The fourth-order valence-corrected chi connectivity index (χ4v) is 8.66. The van der Waals surface area contributed by atoms with Gasteiger partial charge in [0, 0.05) is 29.9 Å². The van der Waals surface area contributed by atoms with Crippen molar-refractivity contribution >= 4 is 35.7 Å². The number of nitrogens with one attached hydrogen (secondary N) is 5. The summed E-state index contributed by atoms with van der Waals surface area (Å²) in [7, 11) is 0. The fourth-order valence-electron chi connectivity index (χ4n) is 7.12. The molecule has 5 amide bonds. The van der Waals surface area contributed by atoms with Crippen LogP contribution >= 0.6 is 11.8 Å². The molecule has 2 aromatic rings. The van der Waals surface area contributed by atoms with Crippen molar-refractivity contribution in [1.82, 2.24) is 21.3 Å². The topological polar surface area (TPSA) is 164 Å². The molecule has 2 aromatic carbocycles. The molecule has 11 nitrogen and oxygen atoms in total. The van der Waals surface area contributed by atoms with Gasteiger partial charge in [-0.2, -0.15) is 11.8 Å². The standard InChI is InChI=1S/C31H39N5O5S.C8H18N.K/c32-29(38)24(35-31(40)41-17-23-21-11-3-1-9-19(21)20-10-2-4-12-22(20)23)13-7-8-16-33-27(37)15-6-5-14-26-28-25(18-42-26)34-30(39)36-28;1-7(2,3)9-8(4,5)6;/h1-4,9-12,23-26,28H,5-8,13-18H2,(H6,32,33,34,35,36,37,38,39,40);1-6H3;/q;-1;+1/p-1. The van der Waals surface area contributed by atoms with Crippen molar-refractivity contribution in [3.05, 3.63) is 70.7 Å². The van der Waals surface area contributed by atoms with E-state index in [0.717, 1.165) is 47.3 Å². The molecule has 2 aliphatic heterocycles. The van der Waals surface area contributed by atoms with E-state index in [1.54, 1.807) is 0 Å². The van der Waals surface area contributed by atoms with E-state index >= 15 is 0 Å². The predicted octanol–water partition coefficient (Wildman–Crippen LogP) is 4.45. The van der Waals surface area contributed by atoms with Crippen LogP contribution in [0, 0.1) is 0 Å². The molecule has 52 heavy (non-hydrogen) atoms. The molecule has 13 heteroatoms. The van der Waals surface area contributed by atoms with E-state index in [1.165, 1.54) is 0 Å². The molecule has 4 atom stereocenters. The van der Waals surface area contributed by atoms with Crippen molar-refractivity contribution in [1.29, 1.82) is 0 Å². The third-order valence-electron chi connectivity index (χ3n) is 8.95. The monoisotopic (exact) mass is 759 g/mol. The second-order valence-corrected chi connectivity index (χ2v) is 16.8. The molecule has 5 rings (SSSR count). The summed E-state index contributed by atoms with van der Waals surface area (Å²) in [5, 5.41) is 16.3. The summed E-state index contributed by atoms with van der Waals surface area (Å²) in [4.78, 5) is 48.1. The van der Waals surface area contributed by atoms with Gasteiger partial charge in [0.15, 0.2) is 0 Å². The minimum Gasteiger partial charge on any atom is -0.666 e. The van der Waals surface area contributed by atoms with Gasteiger partial charge in [0.05, 0.1) is 24.0 Å². The molecule has 0 saturated carbocycles. The average Bonchev–Trinajstić information content (AvgIpc) is 3.70. The van der Waals surface area contributed by atoms with Gasteiger partial charge in [-0.1, -0.05) is 96.5 Å². The Hall–Kier alpha value is -2.13. The molecular weight excluding hydrogens is 704 g/mol. The first-order chi connectivity index (χ1) is 24.1. The van der Waals surface area contributed by atoms with Gasteiger partial charge in [-0.25, -0.2) is 9.59 Å².